The molecule has 0 heterocycles. The number of carbonyl (C=O) groups is 1. The maximum Gasteiger partial charge on any atom is 0.330 e. The van der Waals surface area contributed by atoms with Gasteiger partial charge in [0.15, 0.2) is 0 Å². The van der Waals surface area contributed by atoms with Crippen LogP contribution in [0, 0.1) is 0 Å². The van der Waals surface area contributed by atoms with Crippen molar-refractivity contribution < 1.29 is 14.7 Å². The van der Waals surface area contributed by atoms with Crippen molar-refractivity contribution in [2.75, 3.05) is 0 Å². The van der Waals surface area contributed by atoms with Gasteiger partial charge < -0.3 is 5.11 Å². The first-order valence-electron chi connectivity index (χ1n) is 4.09. The quantitative estimate of drug-likeness (QED) is 0.385. The molecule has 0 saturated carbocycles. The van der Waals surface area contributed by atoms with E-state index < -0.39 is 5.97 Å². The smallest absolute Gasteiger partial charge is 0.330 e. The number of carbonyl (C=O) groups excluding carboxylic acids is 1. The van der Waals surface area contributed by atoms with Crippen molar-refractivity contribution in [1.82, 2.24) is 0 Å². The van der Waals surface area contributed by atoms with E-state index in [-0.39, 0.29) is 11.6 Å². The highest BCUT2D eigenvalue weighted by molar-refractivity contribution is 5.85. The molecule has 0 fully saturated rings. The molecule has 1 unspecified atom stereocenters. The molecule has 0 aliphatic rings. The number of hydrogen-bond acceptors (Lipinski definition) is 3. The number of nitrogens with zero attached hydrogens (tertiary/aromatic N) is 1. The third kappa shape index (κ3) is 4.93. The van der Waals surface area contributed by atoms with Crippen LogP contribution in [-0.2, 0) is 9.59 Å². The van der Waals surface area contributed by atoms with E-state index in [1.807, 2.05) is 6.92 Å². The Balaban J connectivity index is 3.91. The minimum atomic E-state index is -0.995. The molecular formula is C9H13NO3. The van der Waals surface area contributed by atoms with Gasteiger partial charge in [-0.3, -0.25) is 0 Å². The highest BCUT2D eigenvalue weighted by atomic mass is 16.4. The Morgan fingerprint density at radius 1 is 1.69 bits per heavy atom. The van der Waals surface area contributed by atoms with Crippen LogP contribution in [0.3, 0.4) is 0 Å². The number of rotatable bonds is 6. The summed E-state index contributed by atoms with van der Waals surface area (Å²) in [7, 11) is 0. The van der Waals surface area contributed by atoms with E-state index in [9.17, 15) is 9.59 Å². The summed E-state index contributed by atoms with van der Waals surface area (Å²) < 4.78 is 0. The average Bonchev–Trinajstić information content (AvgIpc) is 2.11. The van der Waals surface area contributed by atoms with Gasteiger partial charge in [0.25, 0.3) is 0 Å². The van der Waals surface area contributed by atoms with Gasteiger partial charge in [0, 0.05) is 5.57 Å². The topological polar surface area (TPSA) is 66.7 Å². The number of isocyanates is 1. The van der Waals surface area contributed by atoms with Crippen LogP contribution in [0.4, 0.5) is 0 Å². The second-order valence-electron chi connectivity index (χ2n) is 2.73. The lowest BCUT2D eigenvalue weighted by molar-refractivity contribution is -0.132. The van der Waals surface area contributed by atoms with Crippen LogP contribution in [-0.4, -0.2) is 23.2 Å². The first-order valence-corrected chi connectivity index (χ1v) is 4.09. The lowest BCUT2D eigenvalue weighted by atomic mass is 10.1. The van der Waals surface area contributed by atoms with Crippen molar-refractivity contribution in [3.8, 4) is 0 Å². The van der Waals surface area contributed by atoms with E-state index in [1.54, 1.807) is 0 Å². The normalized spacial score (nSPS) is 11.5. The molecule has 0 radical (unpaired) electrons. The van der Waals surface area contributed by atoms with Gasteiger partial charge in [-0.15, -0.1) is 0 Å². The van der Waals surface area contributed by atoms with Gasteiger partial charge in [-0.25, -0.2) is 14.6 Å². The Labute approximate surface area is 77.0 Å². The third-order valence-corrected chi connectivity index (χ3v) is 1.79. The van der Waals surface area contributed by atoms with Crippen molar-refractivity contribution in [1.29, 1.82) is 0 Å². The van der Waals surface area contributed by atoms with Crippen molar-refractivity contribution in [2.24, 2.45) is 4.99 Å². The van der Waals surface area contributed by atoms with Gasteiger partial charge in [0.2, 0.25) is 6.08 Å². The SMILES string of the molecule is C=C(CCC(CC)N=C=O)C(=O)O. The van der Waals surface area contributed by atoms with Crippen LogP contribution < -0.4 is 0 Å². The highest BCUT2D eigenvalue weighted by Gasteiger charge is 2.08. The van der Waals surface area contributed by atoms with Crippen LogP contribution in [0.1, 0.15) is 26.2 Å². The molecule has 0 aliphatic carbocycles. The molecule has 1 atom stereocenters. The molecule has 0 aromatic heterocycles. The molecule has 0 aromatic rings. The van der Waals surface area contributed by atoms with Crippen LogP contribution in [0.5, 0.6) is 0 Å². The Bertz CT molecular complexity index is 241. The Kier molecular flexibility index (Phi) is 5.48. The summed E-state index contributed by atoms with van der Waals surface area (Å²) in [6.07, 6.45) is 3.08. The van der Waals surface area contributed by atoms with Crippen molar-refractivity contribution in [3.05, 3.63) is 12.2 Å². The molecular weight excluding hydrogens is 170 g/mol. The molecule has 13 heavy (non-hydrogen) atoms. The zero-order chi connectivity index (χ0) is 10.3. The molecule has 4 heteroatoms. The second kappa shape index (κ2) is 6.14. The maximum absolute atomic E-state index is 10.4. The largest absolute Gasteiger partial charge is 0.478 e. The predicted octanol–water partition coefficient (Wildman–Crippen LogP) is 1.52. The standard InChI is InChI=1S/C9H13NO3/c1-3-8(10-6-11)5-4-7(2)9(12)13/h8H,2-5H2,1H3,(H,12,13). The highest BCUT2D eigenvalue weighted by Crippen LogP contribution is 2.10. The van der Waals surface area contributed by atoms with Crippen molar-refractivity contribution >= 4 is 12.0 Å². The lowest BCUT2D eigenvalue weighted by Crippen LogP contribution is -2.06. The molecule has 0 bridgehead atoms. The fourth-order valence-corrected chi connectivity index (χ4v) is 0.882. The van der Waals surface area contributed by atoms with Gasteiger partial charge in [0.1, 0.15) is 0 Å². The van der Waals surface area contributed by atoms with Crippen LogP contribution in [0.2, 0.25) is 0 Å². The van der Waals surface area contributed by atoms with E-state index in [0.29, 0.717) is 19.3 Å². The number of aliphatic imine (C=N–C) groups is 1. The number of carboxylic acids is 1. The molecule has 72 valence electrons. The van der Waals surface area contributed by atoms with Crippen molar-refractivity contribution in [3.63, 3.8) is 0 Å². The van der Waals surface area contributed by atoms with E-state index in [4.69, 9.17) is 5.11 Å². The summed E-state index contributed by atoms with van der Waals surface area (Å²) in [5.74, 6) is -0.995. The van der Waals surface area contributed by atoms with E-state index in [1.165, 1.54) is 6.08 Å². The van der Waals surface area contributed by atoms with Crippen LogP contribution in [0.15, 0.2) is 17.1 Å². The summed E-state index contributed by atoms with van der Waals surface area (Å²) in [6, 6.07) is -0.131. The summed E-state index contributed by atoms with van der Waals surface area (Å²) in [4.78, 5) is 23.8. The number of carboxylic acid groups (broad SMARTS) is 1. The van der Waals surface area contributed by atoms with E-state index in [0.717, 1.165) is 0 Å². The minimum Gasteiger partial charge on any atom is -0.478 e. The van der Waals surface area contributed by atoms with E-state index in [2.05, 4.69) is 11.6 Å². The first-order chi connectivity index (χ1) is 6.11. The van der Waals surface area contributed by atoms with Gasteiger partial charge >= 0.3 is 5.97 Å². The van der Waals surface area contributed by atoms with Gasteiger partial charge in [-0.2, -0.15) is 0 Å². The monoisotopic (exact) mass is 183 g/mol. The predicted molar refractivity (Wildman–Crippen MR) is 48.2 cm³/mol. The third-order valence-electron chi connectivity index (χ3n) is 1.79. The van der Waals surface area contributed by atoms with E-state index >= 15 is 0 Å². The lowest BCUT2D eigenvalue weighted by Gasteiger charge is -2.06. The fourth-order valence-electron chi connectivity index (χ4n) is 0.882. The molecule has 0 amide bonds. The molecule has 0 rings (SSSR count). The molecule has 0 saturated heterocycles. The fraction of sp³-hybridized carbons (Fsp3) is 0.556. The molecule has 0 aliphatic heterocycles. The Morgan fingerprint density at radius 2 is 2.31 bits per heavy atom. The zero-order valence-electron chi connectivity index (χ0n) is 7.62. The number of aliphatic carboxylic acids is 1. The number of hydrogen-bond donors (Lipinski definition) is 1. The first kappa shape index (κ1) is 11.6. The van der Waals surface area contributed by atoms with Gasteiger partial charge in [0.05, 0.1) is 6.04 Å². The van der Waals surface area contributed by atoms with Gasteiger partial charge in [-0.1, -0.05) is 13.5 Å². The molecule has 4 nitrogen and oxygen atoms in total. The summed E-state index contributed by atoms with van der Waals surface area (Å²) in [6.45, 7) is 5.26. The Morgan fingerprint density at radius 3 is 2.69 bits per heavy atom. The summed E-state index contributed by atoms with van der Waals surface area (Å²) in [5, 5.41) is 8.49. The molecule has 1 N–H and O–H groups in total. The second-order valence-corrected chi connectivity index (χ2v) is 2.73. The molecule has 0 spiro atoms. The zero-order valence-corrected chi connectivity index (χ0v) is 7.62. The summed E-state index contributed by atoms with van der Waals surface area (Å²) >= 11 is 0. The average molecular weight is 183 g/mol. The van der Waals surface area contributed by atoms with Crippen LogP contribution in [0.25, 0.3) is 0 Å². The van der Waals surface area contributed by atoms with Crippen LogP contribution >= 0.6 is 0 Å². The Hall–Kier alpha value is -1.41. The maximum atomic E-state index is 10.4. The minimum absolute atomic E-state index is 0.131. The van der Waals surface area contributed by atoms with Gasteiger partial charge in [-0.05, 0) is 19.3 Å². The molecule has 0 aromatic carbocycles. The summed E-state index contributed by atoms with van der Waals surface area (Å²) in [5.41, 5.74) is 0.152. The van der Waals surface area contributed by atoms with Crippen molar-refractivity contribution in [2.45, 2.75) is 32.2 Å².